The SMILES string of the molecule is Cn1nc(N2CCCCC2CNc2ncnc3sccc23)ccc1=O. The van der Waals surface area contributed by atoms with Crippen molar-refractivity contribution in [3.05, 3.63) is 40.3 Å². The van der Waals surface area contributed by atoms with Crippen molar-refractivity contribution in [2.24, 2.45) is 7.05 Å². The van der Waals surface area contributed by atoms with Gasteiger partial charge in [-0.2, -0.15) is 5.10 Å². The highest BCUT2D eigenvalue weighted by atomic mass is 32.1. The Morgan fingerprint density at radius 3 is 3.08 bits per heavy atom. The molecular formula is C17H20N6OS. The van der Waals surface area contributed by atoms with Crippen molar-refractivity contribution in [1.82, 2.24) is 19.7 Å². The Bertz CT molecular complexity index is 936. The highest BCUT2D eigenvalue weighted by Crippen LogP contribution is 2.26. The zero-order valence-corrected chi connectivity index (χ0v) is 14.9. The molecule has 0 bridgehead atoms. The first-order valence-corrected chi connectivity index (χ1v) is 9.33. The summed E-state index contributed by atoms with van der Waals surface area (Å²) in [5.74, 6) is 1.74. The Hall–Kier alpha value is -2.48. The van der Waals surface area contributed by atoms with Crippen LogP contribution in [0, 0.1) is 0 Å². The molecule has 25 heavy (non-hydrogen) atoms. The molecule has 1 unspecified atom stereocenters. The zero-order chi connectivity index (χ0) is 17.2. The summed E-state index contributed by atoms with van der Waals surface area (Å²) in [7, 11) is 1.69. The number of thiophene rings is 1. The van der Waals surface area contributed by atoms with Gasteiger partial charge in [-0.3, -0.25) is 4.79 Å². The highest BCUT2D eigenvalue weighted by molar-refractivity contribution is 7.16. The van der Waals surface area contributed by atoms with Gasteiger partial charge in [0, 0.05) is 32.2 Å². The van der Waals surface area contributed by atoms with Gasteiger partial charge in [-0.1, -0.05) is 0 Å². The molecule has 0 saturated carbocycles. The lowest BCUT2D eigenvalue weighted by Crippen LogP contribution is -2.45. The average Bonchev–Trinajstić information content (AvgIpc) is 3.12. The van der Waals surface area contributed by atoms with E-state index in [9.17, 15) is 4.79 Å². The van der Waals surface area contributed by atoms with Gasteiger partial charge in [-0.05, 0) is 36.8 Å². The van der Waals surface area contributed by atoms with Gasteiger partial charge in [0.05, 0.1) is 5.39 Å². The van der Waals surface area contributed by atoms with E-state index in [-0.39, 0.29) is 5.56 Å². The molecule has 0 aliphatic carbocycles. The maximum Gasteiger partial charge on any atom is 0.266 e. The maximum absolute atomic E-state index is 11.6. The Labute approximate surface area is 149 Å². The van der Waals surface area contributed by atoms with Gasteiger partial charge < -0.3 is 10.2 Å². The summed E-state index contributed by atoms with van der Waals surface area (Å²) in [4.78, 5) is 23.6. The fourth-order valence-electron chi connectivity index (χ4n) is 3.30. The molecule has 1 N–H and O–H groups in total. The zero-order valence-electron chi connectivity index (χ0n) is 14.1. The lowest BCUT2D eigenvalue weighted by molar-refractivity contribution is 0.464. The smallest absolute Gasteiger partial charge is 0.266 e. The van der Waals surface area contributed by atoms with E-state index >= 15 is 0 Å². The molecule has 0 radical (unpaired) electrons. The number of hydrogen-bond acceptors (Lipinski definition) is 7. The van der Waals surface area contributed by atoms with E-state index in [0.29, 0.717) is 6.04 Å². The molecular weight excluding hydrogens is 336 g/mol. The van der Waals surface area contributed by atoms with E-state index < -0.39 is 0 Å². The molecule has 0 amide bonds. The first-order valence-electron chi connectivity index (χ1n) is 8.45. The number of hydrogen-bond donors (Lipinski definition) is 1. The number of aromatic nitrogens is 4. The van der Waals surface area contributed by atoms with E-state index in [1.807, 2.05) is 11.4 Å². The van der Waals surface area contributed by atoms with Crippen molar-refractivity contribution in [2.45, 2.75) is 25.3 Å². The van der Waals surface area contributed by atoms with E-state index in [2.05, 4.69) is 31.3 Å². The number of aryl methyl sites for hydroxylation is 1. The minimum atomic E-state index is -0.0868. The van der Waals surface area contributed by atoms with Crippen LogP contribution in [0.1, 0.15) is 19.3 Å². The van der Waals surface area contributed by atoms with E-state index in [1.54, 1.807) is 30.8 Å². The fourth-order valence-corrected chi connectivity index (χ4v) is 4.04. The molecule has 4 rings (SSSR count). The quantitative estimate of drug-likeness (QED) is 0.773. The first-order chi connectivity index (χ1) is 12.2. The largest absolute Gasteiger partial charge is 0.367 e. The monoisotopic (exact) mass is 356 g/mol. The van der Waals surface area contributed by atoms with Crippen LogP contribution in [-0.4, -0.2) is 38.9 Å². The molecule has 4 heterocycles. The van der Waals surface area contributed by atoms with Crippen molar-refractivity contribution in [3.63, 3.8) is 0 Å². The van der Waals surface area contributed by atoms with Crippen LogP contribution in [-0.2, 0) is 7.05 Å². The molecule has 1 aliphatic heterocycles. The van der Waals surface area contributed by atoms with Gasteiger partial charge in [-0.25, -0.2) is 14.6 Å². The van der Waals surface area contributed by atoms with Crippen molar-refractivity contribution in [1.29, 1.82) is 0 Å². The third-order valence-corrected chi connectivity index (χ3v) is 5.46. The number of nitrogens with one attached hydrogen (secondary N) is 1. The van der Waals surface area contributed by atoms with Crippen molar-refractivity contribution < 1.29 is 0 Å². The third-order valence-electron chi connectivity index (χ3n) is 4.63. The highest BCUT2D eigenvalue weighted by Gasteiger charge is 2.24. The fraction of sp³-hybridized carbons (Fsp3) is 0.412. The minimum absolute atomic E-state index is 0.0868. The number of piperidine rings is 1. The van der Waals surface area contributed by atoms with Crippen LogP contribution in [0.15, 0.2) is 34.7 Å². The predicted octanol–water partition coefficient (Wildman–Crippen LogP) is 2.26. The second-order valence-corrected chi connectivity index (χ2v) is 7.13. The lowest BCUT2D eigenvalue weighted by atomic mass is 10.0. The van der Waals surface area contributed by atoms with Crippen LogP contribution in [0.3, 0.4) is 0 Å². The Morgan fingerprint density at radius 2 is 2.20 bits per heavy atom. The van der Waals surface area contributed by atoms with Crippen LogP contribution >= 0.6 is 11.3 Å². The van der Waals surface area contributed by atoms with Gasteiger partial charge in [-0.15, -0.1) is 11.3 Å². The van der Waals surface area contributed by atoms with Crippen molar-refractivity contribution >= 4 is 33.2 Å². The van der Waals surface area contributed by atoms with Gasteiger partial charge in [0.15, 0.2) is 0 Å². The third kappa shape index (κ3) is 3.21. The van der Waals surface area contributed by atoms with Crippen LogP contribution in [0.25, 0.3) is 10.2 Å². The van der Waals surface area contributed by atoms with Gasteiger partial charge >= 0.3 is 0 Å². The second kappa shape index (κ2) is 6.79. The summed E-state index contributed by atoms with van der Waals surface area (Å²) in [6.45, 7) is 1.74. The summed E-state index contributed by atoms with van der Waals surface area (Å²) in [5.41, 5.74) is -0.0868. The summed E-state index contributed by atoms with van der Waals surface area (Å²) in [5, 5.41) is 11.0. The van der Waals surface area contributed by atoms with Crippen molar-refractivity contribution in [3.8, 4) is 0 Å². The predicted molar refractivity (Wildman–Crippen MR) is 100 cm³/mol. The molecule has 1 aliphatic rings. The summed E-state index contributed by atoms with van der Waals surface area (Å²) >= 11 is 1.62. The summed E-state index contributed by atoms with van der Waals surface area (Å²) in [6.07, 6.45) is 5.04. The number of fused-ring (bicyclic) bond motifs is 1. The van der Waals surface area contributed by atoms with Crippen LogP contribution in [0.4, 0.5) is 11.6 Å². The van der Waals surface area contributed by atoms with Crippen molar-refractivity contribution in [2.75, 3.05) is 23.3 Å². The number of nitrogens with zero attached hydrogens (tertiary/aromatic N) is 5. The Kier molecular flexibility index (Phi) is 4.35. The average molecular weight is 356 g/mol. The lowest BCUT2D eigenvalue weighted by Gasteiger charge is -2.36. The molecule has 1 atom stereocenters. The van der Waals surface area contributed by atoms with Crippen LogP contribution < -0.4 is 15.8 Å². The maximum atomic E-state index is 11.6. The second-order valence-electron chi connectivity index (χ2n) is 6.24. The molecule has 7 nitrogen and oxygen atoms in total. The molecule has 130 valence electrons. The first kappa shape index (κ1) is 16.0. The molecule has 1 saturated heterocycles. The standard InChI is InChI=1S/C17H20N6OS/c1-22-15(24)6-5-14(21-22)23-8-3-2-4-12(23)10-18-16-13-7-9-25-17(13)20-11-19-16/h5-7,9,11-12H,2-4,8,10H2,1H3,(H,18,19,20). The van der Waals surface area contributed by atoms with Crippen LogP contribution in [0.2, 0.25) is 0 Å². The van der Waals surface area contributed by atoms with E-state index in [0.717, 1.165) is 47.8 Å². The topological polar surface area (TPSA) is 75.9 Å². The van der Waals surface area contributed by atoms with Gasteiger partial charge in [0.2, 0.25) is 0 Å². The molecule has 1 fully saturated rings. The minimum Gasteiger partial charge on any atom is -0.367 e. The summed E-state index contributed by atoms with van der Waals surface area (Å²) in [6, 6.07) is 5.78. The molecule has 8 heteroatoms. The number of rotatable bonds is 4. The van der Waals surface area contributed by atoms with E-state index in [4.69, 9.17) is 0 Å². The Morgan fingerprint density at radius 1 is 1.28 bits per heavy atom. The normalized spacial score (nSPS) is 17.8. The van der Waals surface area contributed by atoms with Gasteiger partial charge in [0.1, 0.15) is 22.8 Å². The van der Waals surface area contributed by atoms with Gasteiger partial charge in [0.25, 0.3) is 5.56 Å². The number of anilines is 2. The molecule has 3 aromatic heterocycles. The molecule has 3 aromatic rings. The summed E-state index contributed by atoms with van der Waals surface area (Å²) < 4.78 is 1.40. The molecule has 0 aromatic carbocycles. The van der Waals surface area contributed by atoms with Crippen LogP contribution in [0.5, 0.6) is 0 Å². The Balaban J connectivity index is 1.54. The molecule has 0 spiro atoms. The van der Waals surface area contributed by atoms with E-state index in [1.165, 1.54) is 11.1 Å².